The van der Waals surface area contributed by atoms with Crippen molar-refractivity contribution < 1.29 is 0 Å². The van der Waals surface area contributed by atoms with Gasteiger partial charge >= 0.3 is 0 Å². The summed E-state index contributed by atoms with van der Waals surface area (Å²) in [4.78, 5) is 18.5. The monoisotopic (exact) mass is 435 g/mol. The van der Waals surface area contributed by atoms with E-state index in [2.05, 4.69) is 53.7 Å². The molecule has 2 aromatic rings. The summed E-state index contributed by atoms with van der Waals surface area (Å²) in [6, 6.07) is 2.12. The second-order valence-electron chi connectivity index (χ2n) is 7.51. The molecule has 0 aromatic carbocycles. The summed E-state index contributed by atoms with van der Waals surface area (Å²) >= 11 is 5.27. The van der Waals surface area contributed by atoms with E-state index in [-0.39, 0.29) is 0 Å². The van der Waals surface area contributed by atoms with Gasteiger partial charge in [0, 0.05) is 37.9 Å². The van der Waals surface area contributed by atoms with Crippen molar-refractivity contribution in [3.05, 3.63) is 27.6 Å². The highest BCUT2D eigenvalue weighted by Gasteiger charge is 2.30. The van der Waals surface area contributed by atoms with Gasteiger partial charge in [-0.15, -0.1) is 0 Å². The molecule has 2 saturated heterocycles. The van der Waals surface area contributed by atoms with E-state index in [1.54, 1.807) is 11.3 Å². The van der Waals surface area contributed by atoms with Crippen molar-refractivity contribution in [1.29, 1.82) is 0 Å². The lowest BCUT2D eigenvalue weighted by Gasteiger charge is -2.40. The summed E-state index contributed by atoms with van der Waals surface area (Å²) in [6.07, 6.45) is 7.09. The van der Waals surface area contributed by atoms with Crippen LogP contribution in [-0.4, -0.2) is 41.1 Å². The second-order valence-corrected chi connectivity index (χ2v) is 9.90. The van der Waals surface area contributed by atoms with Gasteiger partial charge in [-0.2, -0.15) is 0 Å². The molecule has 0 amide bonds. The molecule has 0 bridgehead atoms. The molecule has 0 unspecified atom stereocenters. The number of anilines is 2. The van der Waals surface area contributed by atoms with Gasteiger partial charge in [0.05, 0.1) is 9.98 Å². The normalized spacial score (nSPS) is 20.0. The third-order valence-electron chi connectivity index (χ3n) is 5.76. The average molecular weight is 436 g/mol. The molecule has 2 aliphatic rings. The minimum Gasteiger partial charge on any atom is -0.356 e. The number of nitrogens with zero attached hydrogens (tertiary/aromatic N) is 5. The van der Waals surface area contributed by atoms with E-state index in [1.165, 1.54) is 30.8 Å². The van der Waals surface area contributed by atoms with E-state index in [0.29, 0.717) is 0 Å². The van der Waals surface area contributed by atoms with Gasteiger partial charge < -0.3 is 9.80 Å². The van der Waals surface area contributed by atoms with Gasteiger partial charge in [0.1, 0.15) is 11.6 Å². The minimum absolute atomic E-state index is 0.862. The summed E-state index contributed by atoms with van der Waals surface area (Å²) in [7, 11) is 0. The van der Waals surface area contributed by atoms with Crippen molar-refractivity contribution in [2.75, 3.05) is 36.0 Å². The first-order chi connectivity index (χ1) is 12.6. The highest BCUT2D eigenvalue weighted by molar-refractivity contribution is 9.11. The Kier molecular flexibility index (Phi) is 5.45. The van der Waals surface area contributed by atoms with Crippen molar-refractivity contribution in [2.45, 2.75) is 39.5 Å². The van der Waals surface area contributed by atoms with E-state index >= 15 is 0 Å². The van der Waals surface area contributed by atoms with Crippen molar-refractivity contribution >= 4 is 38.2 Å². The van der Waals surface area contributed by atoms with Crippen LogP contribution in [-0.2, 0) is 0 Å². The molecule has 2 aromatic heterocycles. The fraction of sp³-hybridized carbons (Fsp3) is 0.632. The molecule has 140 valence electrons. The van der Waals surface area contributed by atoms with E-state index in [9.17, 15) is 0 Å². The standard InChI is InChI=1S/C19H26BrN5S/c1-13-11-18(23-14(2)22-13)24-7-3-15(4-8-24)16-5-9-25(10-6-16)19-21-12-17(20)26-19/h11-12,15-16H,3-10H2,1-2H3. The second kappa shape index (κ2) is 7.80. The van der Waals surface area contributed by atoms with Gasteiger partial charge in [0.15, 0.2) is 5.13 Å². The molecular weight excluding hydrogens is 410 g/mol. The van der Waals surface area contributed by atoms with Crippen LogP contribution in [0.1, 0.15) is 37.2 Å². The Labute approximate surface area is 168 Å². The van der Waals surface area contributed by atoms with Gasteiger partial charge in [-0.1, -0.05) is 11.3 Å². The van der Waals surface area contributed by atoms with E-state index in [1.807, 2.05) is 13.1 Å². The molecule has 0 radical (unpaired) electrons. The largest absolute Gasteiger partial charge is 0.356 e. The zero-order valence-corrected chi connectivity index (χ0v) is 17.9. The van der Waals surface area contributed by atoms with Crippen LogP contribution in [0.15, 0.2) is 16.0 Å². The molecule has 0 aliphatic carbocycles. The smallest absolute Gasteiger partial charge is 0.186 e. The SMILES string of the molecule is Cc1cc(N2CCC(C3CCN(c4ncc(Br)s4)CC3)CC2)nc(C)n1. The van der Waals surface area contributed by atoms with Crippen molar-refractivity contribution in [1.82, 2.24) is 15.0 Å². The summed E-state index contributed by atoms with van der Waals surface area (Å²) in [6.45, 7) is 8.59. The average Bonchev–Trinajstić information content (AvgIpc) is 3.08. The molecule has 0 N–H and O–H groups in total. The van der Waals surface area contributed by atoms with Crippen molar-refractivity contribution in [2.24, 2.45) is 11.8 Å². The number of hydrogen-bond donors (Lipinski definition) is 0. The maximum absolute atomic E-state index is 4.64. The Balaban J connectivity index is 1.30. The molecule has 26 heavy (non-hydrogen) atoms. The first-order valence-electron chi connectivity index (χ1n) is 9.52. The highest BCUT2D eigenvalue weighted by atomic mass is 79.9. The highest BCUT2D eigenvalue weighted by Crippen LogP contribution is 2.36. The lowest BCUT2D eigenvalue weighted by atomic mass is 9.79. The van der Waals surface area contributed by atoms with Crippen LogP contribution in [0.5, 0.6) is 0 Å². The molecule has 4 rings (SSSR count). The number of aryl methyl sites for hydroxylation is 2. The summed E-state index contributed by atoms with van der Waals surface area (Å²) in [5.74, 6) is 3.71. The molecule has 2 aliphatic heterocycles. The summed E-state index contributed by atoms with van der Waals surface area (Å²) < 4.78 is 1.12. The lowest BCUT2D eigenvalue weighted by Crippen LogP contribution is -2.41. The first-order valence-corrected chi connectivity index (χ1v) is 11.1. The third-order valence-corrected chi connectivity index (χ3v) is 7.30. The van der Waals surface area contributed by atoms with Gasteiger partial charge in [-0.3, -0.25) is 0 Å². The number of thiazole rings is 1. The Bertz CT molecular complexity index is 728. The topological polar surface area (TPSA) is 45.2 Å². The number of aromatic nitrogens is 3. The number of hydrogen-bond acceptors (Lipinski definition) is 6. The van der Waals surface area contributed by atoms with Crippen LogP contribution in [0.2, 0.25) is 0 Å². The zero-order valence-electron chi connectivity index (χ0n) is 15.5. The van der Waals surface area contributed by atoms with Gasteiger partial charge in [-0.05, 0) is 67.3 Å². The maximum Gasteiger partial charge on any atom is 0.186 e. The molecule has 7 heteroatoms. The van der Waals surface area contributed by atoms with Crippen molar-refractivity contribution in [3.8, 4) is 0 Å². The van der Waals surface area contributed by atoms with E-state index in [4.69, 9.17) is 0 Å². The predicted octanol–water partition coefficient (Wildman–Crippen LogP) is 4.45. The lowest BCUT2D eigenvalue weighted by molar-refractivity contribution is 0.232. The summed E-state index contributed by atoms with van der Waals surface area (Å²) in [5, 5.41) is 1.17. The molecule has 5 nitrogen and oxygen atoms in total. The zero-order chi connectivity index (χ0) is 18.1. The van der Waals surface area contributed by atoms with Crippen LogP contribution in [0.3, 0.4) is 0 Å². The number of rotatable bonds is 3. The van der Waals surface area contributed by atoms with E-state index in [0.717, 1.165) is 59.1 Å². The first kappa shape index (κ1) is 18.2. The van der Waals surface area contributed by atoms with Gasteiger partial charge in [0.25, 0.3) is 0 Å². The Morgan fingerprint density at radius 2 is 1.58 bits per heavy atom. The van der Waals surface area contributed by atoms with Crippen LogP contribution >= 0.6 is 27.3 Å². The fourth-order valence-corrected chi connectivity index (χ4v) is 5.65. The predicted molar refractivity (Wildman–Crippen MR) is 111 cm³/mol. The quantitative estimate of drug-likeness (QED) is 0.712. The van der Waals surface area contributed by atoms with Gasteiger partial charge in [-0.25, -0.2) is 15.0 Å². The maximum atomic E-state index is 4.64. The molecule has 4 heterocycles. The van der Waals surface area contributed by atoms with Crippen molar-refractivity contribution in [3.63, 3.8) is 0 Å². The Morgan fingerprint density at radius 3 is 2.12 bits per heavy atom. The van der Waals surface area contributed by atoms with Crippen LogP contribution < -0.4 is 9.80 Å². The molecular formula is C19H26BrN5S. The number of piperidine rings is 2. The summed E-state index contributed by atoms with van der Waals surface area (Å²) in [5.41, 5.74) is 1.07. The Morgan fingerprint density at radius 1 is 0.962 bits per heavy atom. The number of halogens is 1. The molecule has 0 saturated carbocycles. The van der Waals surface area contributed by atoms with Crippen LogP contribution in [0, 0.1) is 25.7 Å². The van der Waals surface area contributed by atoms with Gasteiger partial charge in [0.2, 0.25) is 0 Å². The molecule has 0 atom stereocenters. The third kappa shape index (κ3) is 4.03. The Hall–Kier alpha value is -1.21. The minimum atomic E-state index is 0.862. The van der Waals surface area contributed by atoms with Crippen LogP contribution in [0.4, 0.5) is 10.9 Å². The molecule has 0 spiro atoms. The molecule has 2 fully saturated rings. The fourth-order valence-electron chi connectivity index (χ4n) is 4.41. The van der Waals surface area contributed by atoms with Crippen LogP contribution in [0.25, 0.3) is 0 Å². The van der Waals surface area contributed by atoms with E-state index < -0.39 is 0 Å².